The maximum Gasteiger partial charge on any atom is 0.312 e. The van der Waals surface area contributed by atoms with E-state index in [0.717, 1.165) is 5.89 Å². The van der Waals surface area contributed by atoms with E-state index in [4.69, 9.17) is 16.0 Å². The topological polar surface area (TPSA) is 38.9 Å². The fourth-order valence-corrected chi connectivity index (χ4v) is 1.85. The van der Waals surface area contributed by atoms with Crippen LogP contribution in [0.15, 0.2) is 4.42 Å². The lowest BCUT2D eigenvalue weighted by atomic mass is 9.89. The van der Waals surface area contributed by atoms with Crippen LogP contribution in [0.3, 0.4) is 0 Å². The zero-order valence-corrected chi connectivity index (χ0v) is 7.55. The predicted octanol–water partition coefficient (Wildman–Crippen LogP) is 2.77. The molecule has 0 atom stereocenters. The standard InChI is InChI=1S/C8H11ClN2O/c9-8-11-10-7(12-8)6-4-2-1-3-5-6/h6H,1-5H2. The molecule has 0 aromatic carbocycles. The largest absolute Gasteiger partial charge is 0.412 e. The molecule has 0 spiro atoms. The van der Waals surface area contributed by atoms with Gasteiger partial charge in [0, 0.05) is 5.92 Å². The first-order valence-corrected chi connectivity index (χ1v) is 4.73. The van der Waals surface area contributed by atoms with Crippen LogP contribution in [0.4, 0.5) is 0 Å². The van der Waals surface area contributed by atoms with Crippen molar-refractivity contribution >= 4 is 11.6 Å². The minimum Gasteiger partial charge on any atom is -0.412 e. The summed E-state index contributed by atoms with van der Waals surface area (Å²) in [4.78, 5) is 0. The quantitative estimate of drug-likeness (QED) is 0.677. The lowest BCUT2D eigenvalue weighted by Gasteiger charge is -2.17. The van der Waals surface area contributed by atoms with Crippen molar-refractivity contribution < 1.29 is 4.42 Å². The van der Waals surface area contributed by atoms with Gasteiger partial charge < -0.3 is 4.42 Å². The molecular weight excluding hydrogens is 176 g/mol. The highest BCUT2D eigenvalue weighted by atomic mass is 35.5. The summed E-state index contributed by atoms with van der Waals surface area (Å²) >= 11 is 5.54. The van der Waals surface area contributed by atoms with Gasteiger partial charge in [-0.3, -0.25) is 0 Å². The van der Waals surface area contributed by atoms with Crippen LogP contribution < -0.4 is 0 Å². The van der Waals surface area contributed by atoms with Gasteiger partial charge >= 0.3 is 5.35 Å². The monoisotopic (exact) mass is 186 g/mol. The molecule has 0 aliphatic heterocycles. The second-order valence-corrected chi connectivity index (χ2v) is 3.55. The average Bonchev–Trinajstić information content (AvgIpc) is 2.54. The normalized spacial score (nSPS) is 19.8. The highest BCUT2D eigenvalue weighted by Gasteiger charge is 2.20. The molecule has 1 aliphatic rings. The summed E-state index contributed by atoms with van der Waals surface area (Å²) in [5.41, 5.74) is 0. The van der Waals surface area contributed by atoms with Gasteiger partial charge in [0.2, 0.25) is 5.89 Å². The minimum absolute atomic E-state index is 0.163. The molecule has 2 rings (SSSR count). The third-order valence-corrected chi connectivity index (χ3v) is 2.52. The molecule has 12 heavy (non-hydrogen) atoms. The summed E-state index contributed by atoms with van der Waals surface area (Å²) in [7, 11) is 0. The Morgan fingerprint density at radius 1 is 1.17 bits per heavy atom. The molecule has 0 radical (unpaired) electrons. The molecule has 4 heteroatoms. The van der Waals surface area contributed by atoms with Crippen LogP contribution in [0.2, 0.25) is 5.35 Å². The number of nitrogens with zero attached hydrogens (tertiary/aromatic N) is 2. The highest BCUT2D eigenvalue weighted by Crippen LogP contribution is 2.31. The fraction of sp³-hybridized carbons (Fsp3) is 0.750. The molecule has 66 valence electrons. The van der Waals surface area contributed by atoms with Crippen LogP contribution in [0, 0.1) is 0 Å². The summed E-state index contributed by atoms with van der Waals surface area (Å²) in [6.07, 6.45) is 6.20. The molecule has 0 saturated heterocycles. The van der Waals surface area contributed by atoms with Crippen molar-refractivity contribution in [3.8, 4) is 0 Å². The fourth-order valence-electron chi connectivity index (χ4n) is 1.73. The van der Waals surface area contributed by atoms with E-state index in [1.807, 2.05) is 0 Å². The molecule has 3 nitrogen and oxygen atoms in total. The summed E-state index contributed by atoms with van der Waals surface area (Å²) in [5, 5.41) is 7.69. The number of aromatic nitrogens is 2. The average molecular weight is 187 g/mol. The van der Waals surface area contributed by atoms with Crippen molar-refractivity contribution in [3.05, 3.63) is 11.2 Å². The van der Waals surface area contributed by atoms with Crippen molar-refractivity contribution in [3.63, 3.8) is 0 Å². The van der Waals surface area contributed by atoms with E-state index >= 15 is 0 Å². The Labute approximate surface area is 76.1 Å². The third-order valence-electron chi connectivity index (χ3n) is 2.37. The molecule has 0 unspecified atom stereocenters. The smallest absolute Gasteiger partial charge is 0.312 e. The van der Waals surface area contributed by atoms with Crippen molar-refractivity contribution in [1.82, 2.24) is 10.2 Å². The van der Waals surface area contributed by atoms with Gasteiger partial charge in [0.1, 0.15) is 0 Å². The van der Waals surface area contributed by atoms with E-state index in [1.165, 1.54) is 32.1 Å². The third kappa shape index (κ3) is 1.61. The van der Waals surface area contributed by atoms with Gasteiger partial charge in [-0.15, -0.1) is 5.10 Å². The van der Waals surface area contributed by atoms with Crippen molar-refractivity contribution in [1.29, 1.82) is 0 Å². The molecule has 0 N–H and O–H groups in total. The summed E-state index contributed by atoms with van der Waals surface area (Å²) in [5.74, 6) is 1.18. The van der Waals surface area contributed by atoms with Crippen molar-refractivity contribution in [2.75, 3.05) is 0 Å². The molecule has 1 saturated carbocycles. The number of hydrogen-bond acceptors (Lipinski definition) is 3. The first-order chi connectivity index (χ1) is 5.86. The Hall–Kier alpha value is -0.570. The molecular formula is C8H11ClN2O. The van der Waals surface area contributed by atoms with E-state index in [-0.39, 0.29) is 5.35 Å². The van der Waals surface area contributed by atoms with Crippen LogP contribution in [0.1, 0.15) is 43.9 Å². The zero-order chi connectivity index (χ0) is 8.39. The summed E-state index contributed by atoms with van der Waals surface area (Å²) < 4.78 is 5.17. The van der Waals surface area contributed by atoms with Gasteiger partial charge in [-0.1, -0.05) is 24.4 Å². The summed E-state index contributed by atoms with van der Waals surface area (Å²) in [6, 6.07) is 0. The van der Waals surface area contributed by atoms with Gasteiger partial charge in [-0.05, 0) is 24.4 Å². The van der Waals surface area contributed by atoms with E-state index in [0.29, 0.717) is 5.92 Å². The highest BCUT2D eigenvalue weighted by molar-refractivity contribution is 6.27. The molecule has 0 amide bonds. The Balaban J connectivity index is 2.08. The first-order valence-electron chi connectivity index (χ1n) is 4.35. The molecule has 1 aromatic rings. The van der Waals surface area contributed by atoms with Gasteiger partial charge in [-0.2, -0.15) is 0 Å². The van der Waals surface area contributed by atoms with E-state index in [1.54, 1.807) is 0 Å². The molecule has 1 heterocycles. The maximum atomic E-state index is 5.54. The molecule has 0 bridgehead atoms. The van der Waals surface area contributed by atoms with Crippen LogP contribution >= 0.6 is 11.6 Å². The Bertz CT molecular complexity index is 255. The van der Waals surface area contributed by atoms with Crippen molar-refractivity contribution in [2.24, 2.45) is 0 Å². The van der Waals surface area contributed by atoms with Gasteiger partial charge in [0.15, 0.2) is 0 Å². The lowest BCUT2D eigenvalue weighted by Crippen LogP contribution is -2.04. The number of hydrogen-bond donors (Lipinski definition) is 0. The SMILES string of the molecule is Clc1nnc(C2CCCCC2)o1. The second-order valence-electron chi connectivity index (χ2n) is 3.23. The Morgan fingerprint density at radius 2 is 1.92 bits per heavy atom. The van der Waals surface area contributed by atoms with Crippen LogP contribution in [0.5, 0.6) is 0 Å². The Morgan fingerprint density at radius 3 is 2.50 bits per heavy atom. The second kappa shape index (κ2) is 3.44. The molecule has 1 aliphatic carbocycles. The van der Waals surface area contributed by atoms with Gasteiger partial charge in [0.25, 0.3) is 0 Å². The van der Waals surface area contributed by atoms with Gasteiger partial charge in [-0.25, -0.2) is 0 Å². The van der Waals surface area contributed by atoms with Gasteiger partial charge in [0.05, 0.1) is 0 Å². The first kappa shape index (κ1) is 8.05. The van der Waals surface area contributed by atoms with Crippen LogP contribution in [-0.4, -0.2) is 10.2 Å². The van der Waals surface area contributed by atoms with E-state index < -0.39 is 0 Å². The van der Waals surface area contributed by atoms with Crippen LogP contribution in [-0.2, 0) is 0 Å². The van der Waals surface area contributed by atoms with E-state index in [9.17, 15) is 0 Å². The molecule has 1 aromatic heterocycles. The lowest BCUT2D eigenvalue weighted by molar-refractivity contribution is 0.364. The van der Waals surface area contributed by atoms with E-state index in [2.05, 4.69) is 10.2 Å². The molecule has 1 fully saturated rings. The number of rotatable bonds is 1. The number of halogens is 1. The van der Waals surface area contributed by atoms with Crippen LogP contribution in [0.25, 0.3) is 0 Å². The summed E-state index contributed by atoms with van der Waals surface area (Å²) in [6.45, 7) is 0. The minimum atomic E-state index is 0.163. The zero-order valence-electron chi connectivity index (χ0n) is 6.79. The Kier molecular flexibility index (Phi) is 2.30. The maximum absolute atomic E-state index is 5.54. The van der Waals surface area contributed by atoms with Crippen molar-refractivity contribution in [2.45, 2.75) is 38.0 Å². The predicted molar refractivity (Wildman–Crippen MR) is 45.1 cm³/mol.